The lowest BCUT2D eigenvalue weighted by Crippen LogP contribution is -1.94. The van der Waals surface area contributed by atoms with E-state index in [-0.39, 0.29) is 0 Å². The largest absolute Gasteiger partial charge is 0.306 e. The average molecular weight is 486 g/mol. The Kier molecular flexibility index (Phi) is 4.52. The number of hydrogen-bond donors (Lipinski definition) is 0. The Morgan fingerprint density at radius 1 is 0.447 bits per heavy atom. The molecule has 3 heteroatoms. The highest BCUT2D eigenvalue weighted by molar-refractivity contribution is 6.12. The molecule has 0 bridgehead atoms. The second-order valence-electron chi connectivity index (χ2n) is 9.79. The molecule has 0 atom stereocenters. The SMILES string of the molecule is c1ccc(-c2ccc3c(c2)c2cc(-c4ccccc4)ccc2n3-c2cnn3cc4ccccc4cc23)cc1. The molecule has 0 radical (unpaired) electrons. The third-order valence-corrected chi connectivity index (χ3v) is 7.58. The van der Waals surface area contributed by atoms with E-state index in [0.717, 1.165) is 11.2 Å². The molecule has 0 aliphatic carbocycles. The van der Waals surface area contributed by atoms with Crippen LogP contribution in [-0.4, -0.2) is 14.2 Å². The summed E-state index contributed by atoms with van der Waals surface area (Å²) in [6.45, 7) is 0. The Bertz CT molecular complexity index is 2020. The van der Waals surface area contributed by atoms with Gasteiger partial charge in [0.1, 0.15) is 0 Å². The molecule has 0 aliphatic heterocycles. The molecular formula is C35H23N3. The normalized spacial score (nSPS) is 11.7. The van der Waals surface area contributed by atoms with E-state index >= 15 is 0 Å². The molecule has 5 aromatic carbocycles. The lowest BCUT2D eigenvalue weighted by molar-refractivity contribution is 0.970. The van der Waals surface area contributed by atoms with Crippen LogP contribution < -0.4 is 0 Å². The van der Waals surface area contributed by atoms with Crippen LogP contribution >= 0.6 is 0 Å². The smallest absolute Gasteiger partial charge is 0.0923 e. The summed E-state index contributed by atoms with van der Waals surface area (Å²) >= 11 is 0. The molecule has 3 aromatic heterocycles. The lowest BCUT2D eigenvalue weighted by Gasteiger charge is -2.08. The molecule has 0 aliphatic rings. The van der Waals surface area contributed by atoms with Crippen LogP contribution in [0, 0.1) is 0 Å². The molecule has 8 rings (SSSR count). The Balaban J connectivity index is 1.45. The molecule has 38 heavy (non-hydrogen) atoms. The van der Waals surface area contributed by atoms with Gasteiger partial charge in [-0.3, -0.25) is 0 Å². The summed E-state index contributed by atoms with van der Waals surface area (Å²) in [7, 11) is 0. The minimum Gasteiger partial charge on any atom is -0.306 e. The van der Waals surface area contributed by atoms with E-state index in [4.69, 9.17) is 5.10 Å². The first-order chi connectivity index (χ1) is 18.8. The Hall–Kier alpha value is -5.15. The minimum absolute atomic E-state index is 1.08. The van der Waals surface area contributed by atoms with E-state index in [9.17, 15) is 0 Å². The molecular weight excluding hydrogens is 462 g/mol. The monoisotopic (exact) mass is 485 g/mol. The van der Waals surface area contributed by atoms with Gasteiger partial charge in [-0.25, -0.2) is 4.52 Å². The number of pyridine rings is 1. The maximum absolute atomic E-state index is 4.76. The van der Waals surface area contributed by atoms with Crippen molar-refractivity contribution >= 4 is 38.1 Å². The molecule has 0 fully saturated rings. The summed E-state index contributed by atoms with van der Waals surface area (Å²) in [4.78, 5) is 0. The number of nitrogens with zero attached hydrogens (tertiary/aromatic N) is 3. The zero-order valence-electron chi connectivity index (χ0n) is 20.6. The van der Waals surface area contributed by atoms with Gasteiger partial charge in [0.25, 0.3) is 0 Å². The first-order valence-electron chi connectivity index (χ1n) is 12.9. The predicted molar refractivity (Wildman–Crippen MR) is 158 cm³/mol. The predicted octanol–water partition coefficient (Wildman–Crippen LogP) is 8.92. The maximum atomic E-state index is 4.76. The van der Waals surface area contributed by atoms with Crippen molar-refractivity contribution in [3.05, 3.63) is 140 Å². The molecule has 0 N–H and O–H groups in total. The molecule has 0 saturated carbocycles. The molecule has 0 unspecified atom stereocenters. The summed E-state index contributed by atoms with van der Waals surface area (Å²) in [5.41, 5.74) is 9.38. The highest BCUT2D eigenvalue weighted by Gasteiger charge is 2.17. The Labute approximate surface area is 219 Å². The van der Waals surface area contributed by atoms with E-state index < -0.39 is 0 Å². The van der Waals surface area contributed by atoms with Crippen LogP contribution in [-0.2, 0) is 0 Å². The van der Waals surface area contributed by atoms with Crippen LogP contribution in [0.5, 0.6) is 0 Å². The van der Waals surface area contributed by atoms with Crippen molar-refractivity contribution in [2.24, 2.45) is 0 Å². The van der Waals surface area contributed by atoms with E-state index in [0.29, 0.717) is 0 Å². The highest BCUT2D eigenvalue weighted by atomic mass is 15.2. The Morgan fingerprint density at radius 3 is 1.61 bits per heavy atom. The van der Waals surface area contributed by atoms with E-state index in [1.165, 1.54) is 54.8 Å². The summed E-state index contributed by atoms with van der Waals surface area (Å²) in [5, 5.41) is 9.62. The number of fused-ring (bicyclic) bond motifs is 5. The highest BCUT2D eigenvalue weighted by Crippen LogP contribution is 2.38. The van der Waals surface area contributed by atoms with Crippen molar-refractivity contribution in [3.8, 4) is 27.9 Å². The van der Waals surface area contributed by atoms with Gasteiger partial charge in [0.05, 0.1) is 28.4 Å². The average Bonchev–Trinajstić information content (AvgIpc) is 3.54. The second-order valence-corrected chi connectivity index (χ2v) is 9.79. The van der Waals surface area contributed by atoms with Gasteiger partial charge in [0, 0.05) is 22.4 Å². The first kappa shape index (κ1) is 21.0. The molecule has 0 saturated heterocycles. The third kappa shape index (κ3) is 3.19. The summed E-state index contributed by atoms with van der Waals surface area (Å²) in [5.74, 6) is 0. The quantitative estimate of drug-likeness (QED) is 0.245. The molecule has 3 nitrogen and oxygen atoms in total. The summed E-state index contributed by atoms with van der Waals surface area (Å²) in [6.07, 6.45) is 4.10. The standard InChI is InChI=1S/C35H23N3/c1-3-9-24(10-4-1)27-15-17-32-30(19-27)31-20-28(25-11-5-2-6-12-25)16-18-33(31)38(32)35-22-36-37-23-29-14-8-7-13-26(29)21-34(35)37/h1-23H. The maximum Gasteiger partial charge on any atom is 0.0923 e. The summed E-state index contributed by atoms with van der Waals surface area (Å²) < 4.78 is 4.36. The van der Waals surface area contributed by atoms with Gasteiger partial charge in [0.2, 0.25) is 0 Å². The van der Waals surface area contributed by atoms with E-state index in [1.807, 2.05) is 10.7 Å². The topological polar surface area (TPSA) is 22.2 Å². The second kappa shape index (κ2) is 8.19. The third-order valence-electron chi connectivity index (χ3n) is 7.58. The first-order valence-corrected chi connectivity index (χ1v) is 12.9. The van der Waals surface area contributed by atoms with Gasteiger partial charge in [-0.05, 0) is 58.0 Å². The fourth-order valence-corrected chi connectivity index (χ4v) is 5.72. The van der Waals surface area contributed by atoms with Gasteiger partial charge >= 0.3 is 0 Å². The molecule has 0 amide bonds. The molecule has 0 spiro atoms. The van der Waals surface area contributed by atoms with Crippen molar-refractivity contribution in [3.63, 3.8) is 0 Å². The minimum atomic E-state index is 1.08. The van der Waals surface area contributed by atoms with Crippen LogP contribution in [0.25, 0.3) is 66.0 Å². The molecule has 3 heterocycles. The molecule has 8 aromatic rings. The van der Waals surface area contributed by atoms with Crippen molar-refractivity contribution in [1.82, 2.24) is 14.2 Å². The van der Waals surface area contributed by atoms with Crippen molar-refractivity contribution in [1.29, 1.82) is 0 Å². The number of hydrogen-bond acceptors (Lipinski definition) is 1. The van der Waals surface area contributed by atoms with Crippen molar-refractivity contribution in [2.45, 2.75) is 0 Å². The fraction of sp³-hybridized carbons (Fsp3) is 0. The van der Waals surface area contributed by atoms with Crippen molar-refractivity contribution < 1.29 is 0 Å². The van der Waals surface area contributed by atoms with E-state index in [1.54, 1.807) is 0 Å². The number of rotatable bonds is 3. The van der Waals surface area contributed by atoms with Crippen LogP contribution in [0.3, 0.4) is 0 Å². The zero-order valence-corrected chi connectivity index (χ0v) is 20.6. The van der Waals surface area contributed by atoms with Gasteiger partial charge in [-0.1, -0.05) is 97.1 Å². The number of aromatic nitrogens is 3. The van der Waals surface area contributed by atoms with Crippen LogP contribution in [0.15, 0.2) is 140 Å². The van der Waals surface area contributed by atoms with Gasteiger partial charge in [-0.2, -0.15) is 5.10 Å². The fourth-order valence-electron chi connectivity index (χ4n) is 5.72. The van der Waals surface area contributed by atoms with Gasteiger partial charge in [0.15, 0.2) is 0 Å². The molecule has 178 valence electrons. The number of benzene rings is 5. The van der Waals surface area contributed by atoms with Crippen LogP contribution in [0.1, 0.15) is 0 Å². The lowest BCUT2D eigenvalue weighted by atomic mass is 10.0. The van der Waals surface area contributed by atoms with E-state index in [2.05, 4.69) is 138 Å². The van der Waals surface area contributed by atoms with Gasteiger partial charge < -0.3 is 4.57 Å². The van der Waals surface area contributed by atoms with Crippen LogP contribution in [0.2, 0.25) is 0 Å². The van der Waals surface area contributed by atoms with Gasteiger partial charge in [-0.15, -0.1) is 0 Å². The zero-order chi connectivity index (χ0) is 25.1. The van der Waals surface area contributed by atoms with Crippen LogP contribution in [0.4, 0.5) is 0 Å². The Morgan fingerprint density at radius 2 is 1.00 bits per heavy atom. The van der Waals surface area contributed by atoms with Crippen molar-refractivity contribution in [2.75, 3.05) is 0 Å². The summed E-state index contributed by atoms with van der Waals surface area (Å²) in [6, 6.07) is 45.5.